The van der Waals surface area contributed by atoms with E-state index < -0.39 is 10.1 Å². The molecule has 0 bridgehead atoms. The number of hydrogen-bond acceptors (Lipinski definition) is 3. The summed E-state index contributed by atoms with van der Waals surface area (Å²) in [5.74, 6) is 0. The van der Waals surface area contributed by atoms with Crippen LogP contribution in [-0.2, 0) is 20.7 Å². The smallest absolute Gasteiger partial charge is 0.266 e. The summed E-state index contributed by atoms with van der Waals surface area (Å²) in [6.45, 7) is 2.03. The van der Waals surface area contributed by atoms with Gasteiger partial charge >= 0.3 is 0 Å². The zero-order chi connectivity index (χ0) is 14.6. The van der Waals surface area contributed by atoms with Crippen LogP contribution in [0.15, 0.2) is 57.9 Å². The van der Waals surface area contributed by atoms with E-state index >= 15 is 0 Å². The van der Waals surface area contributed by atoms with E-state index in [1.54, 1.807) is 24.3 Å². The molecule has 5 heteroatoms. The van der Waals surface area contributed by atoms with Crippen LogP contribution in [-0.4, -0.2) is 15.0 Å². The molecule has 2 aromatic rings. The molecule has 2 aromatic carbocycles. The van der Waals surface area contributed by atoms with Crippen molar-refractivity contribution < 1.29 is 12.6 Å². The van der Waals surface area contributed by atoms with Gasteiger partial charge in [-0.3, -0.25) is 4.18 Å². The Kier molecular flexibility index (Phi) is 4.96. The Labute approximate surface area is 127 Å². The lowest BCUT2D eigenvalue weighted by Gasteiger charge is -2.07. The van der Waals surface area contributed by atoms with Crippen LogP contribution in [0.4, 0.5) is 0 Å². The predicted molar refractivity (Wildman–Crippen MR) is 82.2 cm³/mol. The molecule has 0 N–H and O–H groups in total. The Bertz CT molecular complexity index is 679. The van der Waals surface area contributed by atoms with Crippen LogP contribution in [0.25, 0.3) is 0 Å². The van der Waals surface area contributed by atoms with Crippen LogP contribution in [0, 0.1) is 6.92 Å². The van der Waals surface area contributed by atoms with Gasteiger partial charge in [0.1, 0.15) is 0 Å². The van der Waals surface area contributed by atoms with Gasteiger partial charge in [-0.2, -0.15) is 8.42 Å². The summed E-state index contributed by atoms with van der Waals surface area (Å²) in [6.07, 6.45) is 0.534. The van der Waals surface area contributed by atoms with Crippen molar-refractivity contribution in [3.63, 3.8) is 0 Å². The van der Waals surface area contributed by atoms with Crippen molar-refractivity contribution in [3.8, 4) is 0 Å². The number of rotatable bonds is 5. The Morgan fingerprint density at radius 1 is 1.05 bits per heavy atom. The van der Waals surface area contributed by atoms with Gasteiger partial charge in [-0.25, -0.2) is 0 Å². The first-order valence-electron chi connectivity index (χ1n) is 6.18. The van der Waals surface area contributed by atoms with E-state index in [1.807, 2.05) is 31.2 Å². The predicted octanol–water partition coefficient (Wildman–Crippen LogP) is 3.71. The Morgan fingerprint density at radius 3 is 2.35 bits per heavy atom. The Balaban J connectivity index is 2.00. The van der Waals surface area contributed by atoms with Crippen LogP contribution in [0.2, 0.25) is 0 Å². The molecule has 0 atom stereocenters. The monoisotopic (exact) mass is 354 g/mol. The van der Waals surface area contributed by atoms with Gasteiger partial charge in [0.25, 0.3) is 10.1 Å². The fourth-order valence-corrected chi connectivity index (χ4v) is 3.13. The first-order chi connectivity index (χ1) is 9.49. The van der Waals surface area contributed by atoms with Crippen molar-refractivity contribution in [2.45, 2.75) is 18.2 Å². The molecule has 0 spiro atoms. The van der Waals surface area contributed by atoms with Gasteiger partial charge in [-0.1, -0.05) is 51.8 Å². The van der Waals surface area contributed by atoms with Crippen molar-refractivity contribution >= 4 is 26.0 Å². The molecule has 20 heavy (non-hydrogen) atoms. The zero-order valence-electron chi connectivity index (χ0n) is 11.0. The highest BCUT2D eigenvalue weighted by atomic mass is 79.9. The van der Waals surface area contributed by atoms with Crippen molar-refractivity contribution in [2.75, 3.05) is 6.61 Å². The standard InChI is InChI=1S/C15H15BrO3S/c1-12-6-8-14(9-7-12)20(17,18)19-11-10-13-4-2-3-5-15(13)16/h2-9H,10-11H2,1H3. The fraction of sp³-hybridized carbons (Fsp3) is 0.200. The maximum Gasteiger partial charge on any atom is 0.296 e. The molecule has 106 valence electrons. The van der Waals surface area contributed by atoms with Gasteiger partial charge < -0.3 is 0 Å². The van der Waals surface area contributed by atoms with E-state index in [0.717, 1.165) is 15.6 Å². The van der Waals surface area contributed by atoms with E-state index in [-0.39, 0.29) is 11.5 Å². The Hall–Kier alpha value is -1.17. The molecule has 2 rings (SSSR count). The lowest BCUT2D eigenvalue weighted by Crippen LogP contribution is -2.09. The summed E-state index contributed by atoms with van der Waals surface area (Å²) in [5.41, 5.74) is 2.03. The summed E-state index contributed by atoms with van der Waals surface area (Å²) < 4.78 is 30.0. The van der Waals surface area contributed by atoms with Gasteiger partial charge in [0.15, 0.2) is 0 Å². The van der Waals surface area contributed by atoms with Gasteiger partial charge in [0, 0.05) is 4.47 Å². The highest BCUT2D eigenvalue weighted by Gasteiger charge is 2.14. The van der Waals surface area contributed by atoms with Gasteiger partial charge in [0.2, 0.25) is 0 Å². The van der Waals surface area contributed by atoms with Crippen molar-refractivity contribution in [1.82, 2.24) is 0 Å². The minimum atomic E-state index is -3.68. The summed E-state index contributed by atoms with van der Waals surface area (Å²) in [7, 11) is -3.68. The van der Waals surface area contributed by atoms with Crippen molar-refractivity contribution in [2.24, 2.45) is 0 Å². The largest absolute Gasteiger partial charge is 0.296 e. The molecular weight excluding hydrogens is 340 g/mol. The summed E-state index contributed by atoms with van der Waals surface area (Å²) in [5, 5.41) is 0. The average Bonchev–Trinajstić information content (AvgIpc) is 2.41. The van der Waals surface area contributed by atoms with Gasteiger partial charge in [-0.15, -0.1) is 0 Å². The van der Waals surface area contributed by atoms with Crippen molar-refractivity contribution in [1.29, 1.82) is 0 Å². The minimum Gasteiger partial charge on any atom is -0.266 e. The second-order valence-corrected chi connectivity index (χ2v) is 6.90. The third-order valence-corrected chi connectivity index (χ3v) is 4.98. The molecule has 0 saturated carbocycles. The topological polar surface area (TPSA) is 43.4 Å². The molecule has 0 saturated heterocycles. The quantitative estimate of drug-likeness (QED) is 0.768. The molecule has 0 aliphatic carbocycles. The number of hydrogen-bond donors (Lipinski definition) is 0. The zero-order valence-corrected chi connectivity index (χ0v) is 13.4. The highest BCUT2D eigenvalue weighted by molar-refractivity contribution is 9.10. The second kappa shape index (κ2) is 6.52. The van der Waals surface area contributed by atoms with Crippen LogP contribution in [0.5, 0.6) is 0 Å². The lowest BCUT2D eigenvalue weighted by atomic mass is 10.2. The maximum absolute atomic E-state index is 12.0. The molecule has 0 fully saturated rings. The molecular formula is C15H15BrO3S. The second-order valence-electron chi connectivity index (χ2n) is 4.43. The minimum absolute atomic E-state index is 0.124. The van der Waals surface area contributed by atoms with Gasteiger partial charge in [-0.05, 0) is 37.1 Å². The van der Waals surface area contributed by atoms with E-state index in [4.69, 9.17) is 4.18 Å². The van der Waals surface area contributed by atoms with E-state index in [2.05, 4.69) is 15.9 Å². The molecule has 3 nitrogen and oxygen atoms in total. The van der Waals surface area contributed by atoms with E-state index in [9.17, 15) is 8.42 Å². The lowest BCUT2D eigenvalue weighted by molar-refractivity contribution is 0.322. The van der Waals surface area contributed by atoms with Crippen molar-refractivity contribution in [3.05, 3.63) is 64.1 Å². The third kappa shape index (κ3) is 3.91. The summed E-state index contributed by atoms with van der Waals surface area (Å²) in [6, 6.07) is 14.3. The van der Waals surface area contributed by atoms with E-state index in [1.165, 1.54) is 0 Å². The van der Waals surface area contributed by atoms with Crippen LogP contribution < -0.4 is 0 Å². The summed E-state index contributed by atoms with van der Waals surface area (Å²) >= 11 is 3.42. The third-order valence-electron chi connectivity index (χ3n) is 2.88. The van der Waals surface area contributed by atoms with Gasteiger partial charge in [0.05, 0.1) is 11.5 Å². The molecule has 0 aromatic heterocycles. The van der Waals surface area contributed by atoms with Crippen LogP contribution >= 0.6 is 15.9 Å². The molecule has 0 aliphatic heterocycles. The summed E-state index contributed by atoms with van der Waals surface area (Å²) in [4.78, 5) is 0.190. The first-order valence-corrected chi connectivity index (χ1v) is 8.39. The fourth-order valence-electron chi connectivity index (χ4n) is 1.74. The first kappa shape index (κ1) is 15.2. The highest BCUT2D eigenvalue weighted by Crippen LogP contribution is 2.18. The molecule has 0 amide bonds. The molecule has 0 unspecified atom stereocenters. The van der Waals surface area contributed by atoms with E-state index in [0.29, 0.717) is 6.42 Å². The average molecular weight is 355 g/mol. The molecule has 0 aliphatic rings. The number of halogens is 1. The maximum atomic E-state index is 12.0. The normalized spacial score (nSPS) is 11.5. The number of benzene rings is 2. The Morgan fingerprint density at radius 2 is 1.70 bits per heavy atom. The SMILES string of the molecule is Cc1ccc(S(=O)(=O)OCCc2ccccc2Br)cc1. The molecule has 0 heterocycles. The molecule has 0 radical (unpaired) electrons. The van der Waals surface area contributed by atoms with Crippen LogP contribution in [0.1, 0.15) is 11.1 Å². The number of aryl methyl sites for hydroxylation is 1. The van der Waals surface area contributed by atoms with Crippen LogP contribution in [0.3, 0.4) is 0 Å².